The number of carboxylic acids is 1. The van der Waals surface area contributed by atoms with Crippen molar-refractivity contribution >= 4 is 44.5 Å². The van der Waals surface area contributed by atoms with Crippen molar-refractivity contribution in [1.82, 2.24) is 0 Å². The summed E-state index contributed by atoms with van der Waals surface area (Å²) in [4.78, 5) is 10.3. The fourth-order valence-electron chi connectivity index (χ4n) is 0.865. The van der Waals surface area contributed by atoms with Crippen LogP contribution in [0.2, 0.25) is 0 Å². The highest BCUT2D eigenvalue weighted by Gasteiger charge is 2.11. The zero-order chi connectivity index (χ0) is 10.0. The van der Waals surface area contributed by atoms with Gasteiger partial charge in [0.1, 0.15) is 5.82 Å². The topological polar surface area (TPSA) is 37.3 Å². The van der Waals surface area contributed by atoms with E-state index in [2.05, 4.69) is 15.9 Å². The number of hydrogen-bond acceptors (Lipinski definition) is 1. The maximum Gasteiger partial charge on any atom is 0.307 e. The Hall–Kier alpha value is -0.170. The molecule has 1 aromatic rings. The summed E-state index contributed by atoms with van der Waals surface area (Å²) in [6.07, 6.45) is -0.290. The molecule has 13 heavy (non-hydrogen) atoms. The van der Waals surface area contributed by atoms with Crippen LogP contribution in [0.1, 0.15) is 5.56 Å². The van der Waals surface area contributed by atoms with Gasteiger partial charge in [0.2, 0.25) is 0 Å². The number of rotatable bonds is 2. The van der Waals surface area contributed by atoms with E-state index >= 15 is 0 Å². The fraction of sp³-hybridized carbons (Fsp3) is 0.125. The normalized spacial score (nSPS) is 10.1. The third-order valence-corrected chi connectivity index (χ3v) is 3.87. The molecule has 0 amide bonds. The van der Waals surface area contributed by atoms with E-state index in [0.717, 1.165) is 3.57 Å². The molecule has 0 aliphatic heterocycles. The Morgan fingerprint density at radius 3 is 2.77 bits per heavy atom. The summed E-state index contributed by atoms with van der Waals surface area (Å²) < 4.78 is 14.4. The van der Waals surface area contributed by atoms with Gasteiger partial charge in [-0.2, -0.15) is 0 Å². The van der Waals surface area contributed by atoms with Crippen molar-refractivity contribution in [2.24, 2.45) is 0 Å². The molecule has 0 spiro atoms. The third-order valence-electron chi connectivity index (χ3n) is 1.46. The van der Waals surface area contributed by atoms with Crippen LogP contribution >= 0.6 is 38.5 Å². The first-order chi connectivity index (χ1) is 6.02. The van der Waals surface area contributed by atoms with Crippen molar-refractivity contribution in [2.45, 2.75) is 6.42 Å². The molecule has 2 nitrogen and oxygen atoms in total. The lowest BCUT2D eigenvalue weighted by molar-refractivity contribution is -0.136. The lowest BCUT2D eigenvalue weighted by Gasteiger charge is -2.03. The van der Waals surface area contributed by atoms with Gasteiger partial charge in [-0.05, 0) is 44.6 Å². The lowest BCUT2D eigenvalue weighted by atomic mass is 10.1. The van der Waals surface area contributed by atoms with E-state index in [0.29, 0.717) is 4.47 Å². The monoisotopic (exact) mass is 358 g/mol. The van der Waals surface area contributed by atoms with E-state index in [1.54, 1.807) is 6.07 Å². The maximum atomic E-state index is 13.3. The minimum atomic E-state index is -1.04. The molecular formula is C8H5BrFIO2. The standard InChI is InChI=1S/C8H5BrFIO2/c9-7-5(11)2-1-4(8(7)10)3-6(12)13/h1-2H,3H2,(H,12,13). The number of carboxylic acid groups (broad SMARTS) is 1. The quantitative estimate of drug-likeness (QED) is 0.652. The Labute approximate surface area is 96.4 Å². The molecular weight excluding hydrogens is 354 g/mol. The van der Waals surface area contributed by atoms with Crippen LogP contribution in [-0.4, -0.2) is 11.1 Å². The molecule has 0 bridgehead atoms. The summed E-state index contributed by atoms with van der Waals surface area (Å²) in [6, 6.07) is 3.15. The van der Waals surface area contributed by atoms with E-state index < -0.39 is 11.8 Å². The fourth-order valence-corrected chi connectivity index (χ4v) is 1.67. The number of carbonyl (C=O) groups is 1. The molecule has 1 rings (SSSR count). The summed E-state index contributed by atoms with van der Waals surface area (Å²) in [6.45, 7) is 0. The smallest absolute Gasteiger partial charge is 0.307 e. The predicted octanol–water partition coefficient (Wildman–Crippen LogP) is 2.82. The molecule has 0 aromatic heterocycles. The number of halogens is 3. The second kappa shape index (κ2) is 4.36. The molecule has 0 aliphatic rings. The molecule has 5 heteroatoms. The highest BCUT2D eigenvalue weighted by atomic mass is 127. The van der Waals surface area contributed by atoms with Gasteiger partial charge in [-0.25, -0.2) is 4.39 Å². The maximum absolute atomic E-state index is 13.3. The van der Waals surface area contributed by atoms with Crippen molar-refractivity contribution < 1.29 is 14.3 Å². The molecule has 0 aliphatic carbocycles. The molecule has 0 radical (unpaired) electrons. The van der Waals surface area contributed by atoms with Crippen LogP contribution in [0.15, 0.2) is 16.6 Å². The van der Waals surface area contributed by atoms with Crippen LogP contribution in [0.25, 0.3) is 0 Å². The molecule has 0 saturated heterocycles. The zero-order valence-electron chi connectivity index (χ0n) is 6.35. The molecule has 0 unspecified atom stereocenters. The Kier molecular flexibility index (Phi) is 3.66. The molecule has 0 atom stereocenters. The Morgan fingerprint density at radius 2 is 2.23 bits per heavy atom. The van der Waals surface area contributed by atoms with E-state index in [4.69, 9.17) is 5.11 Å². The van der Waals surface area contributed by atoms with Crippen LogP contribution in [0.5, 0.6) is 0 Å². The average molecular weight is 359 g/mol. The minimum absolute atomic E-state index is 0.194. The van der Waals surface area contributed by atoms with Gasteiger partial charge < -0.3 is 5.11 Å². The Balaban J connectivity index is 3.10. The second-order valence-electron chi connectivity index (χ2n) is 2.40. The molecule has 1 aromatic carbocycles. The SMILES string of the molecule is O=C(O)Cc1ccc(I)c(Br)c1F. The summed E-state index contributed by atoms with van der Waals surface area (Å²) in [5.74, 6) is -1.53. The first-order valence-electron chi connectivity index (χ1n) is 3.36. The van der Waals surface area contributed by atoms with Gasteiger partial charge in [-0.15, -0.1) is 0 Å². The van der Waals surface area contributed by atoms with Crippen LogP contribution in [0, 0.1) is 9.39 Å². The van der Waals surface area contributed by atoms with E-state index in [-0.39, 0.29) is 12.0 Å². The highest BCUT2D eigenvalue weighted by molar-refractivity contribution is 14.1. The summed E-state index contributed by atoms with van der Waals surface area (Å²) in [7, 11) is 0. The van der Waals surface area contributed by atoms with Gasteiger partial charge in [-0.1, -0.05) is 6.07 Å². The van der Waals surface area contributed by atoms with Gasteiger partial charge in [0, 0.05) is 9.13 Å². The van der Waals surface area contributed by atoms with Crippen LogP contribution in [-0.2, 0) is 11.2 Å². The van der Waals surface area contributed by atoms with Crippen LogP contribution in [0.3, 0.4) is 0 Å². The number of aliphatic carboxylic acids is 1. The first-order valence-corrected chi connectivity index (χ1v) is 5.23. The van der Waals surface area contributed by atoms with Crippen molar-refractivity contribution in [1.29, 1.82) is 0 Å². The molecule has 1 N–H and O–H groups in total. The molecule has 0 heterocycles. The zero-order valence-corrected chi connectivity index (χ0v) is 10.1. The van der Waals surface area contributed by atoms with Crippen LogP contribution < -0.4 is 0 Å². The summed E-state index contributed by atoms with van der Waals surface area (Å²) >= 11 is 5.01. The van der Waals surface area contributed by atoms with Gasteiger partial charge in [-0.3, -0.25) is 4.79 Å². The van der Waals surface area contributed by atoms with E-state index in [1.807, 2.05) is 22.6 Å². The van der Waals surface area contributed by atoms with Gasteiger partial charge in [0.25, 0.3) is 0 Å². The minimum Gasteiger partial charge on any atom is -0.481 e. The van der Waals surface area contributed by atoms with E-state index in [9.17, 15) is 9.18 Å². The van der Waals surface area contributed by atoms with Gasteiger partial charge in [0.05, 0.1) is 10.9 Å². The average Bonchev–Trinajstić information content (AvgIpc) is 2.06. The summed E-state index contributed by atoms with van der Waals surface area (Å²) in [5.41, 5.74) is 0.194. The van der Waals surface area contributed by atoms with Gasteiger partial charge in [0.15, 0.2) is 0 Å². The molecule has 0 saturated carbocycles. The van der Waals surface area contributed by atoms with Crippen molar-refractivity contribution in [3.63, 3.8) is 0 Å². The lowest BCUT2D eigenvalue weighted by Crippen LogP contribution is -2.03. The number of benzene rings is 1. The van der Waals surface area contributed by atoms with Crippen LogP contribution in [0.4, 0.5) is 4.39 Å². The number of hydrogen-bond donors (Lipinski definition) is 1. The predicted molar refractivity (Wildman–Crippen MR) is 58.2 cm³/mol. The Bertz CT molecular complexity index is 354. The Morgan fingerprint density at radius 1 is 1.62 bits per heavy atom. The highest BCUT2D eigenvalue weighted by Crippen LogP contribution is 2.25. The largest absolute Gasteiger partial charge is 0.481 e. The van der Waals surface area contributed by atoms with Crippen molar-refractivity contribution in [3.8, 4) is 0 Å². The molecule has 0 fully saturated rings. The third kappa shape index (κ3) is 2.63. The summed E-state index contributed by atoms with van der Waals surface area (Å²) in [5, 5.41) is 8.47. The van der Waals surface area contributed by atoms with Crippen molar-refractivity contribution in [2.75, 3.05) is 0 Å². The van der Waals surface area contributed by atoms with E-state index in [1.165, 1.54) is 6.07 Å². The van der Waals surface area contributed by atoms with Gasteiger partial charge >= 0.3 is 5.97 Å². The van der Waals surface area contributed by atoms with Crippen molar-refractivity contribution in [3.05, 3.63) is 31.6 Å². The molecule has 70 valence electrons. The first kappa shape index (κ1) is 10.9. The second-order valence-corrected chi connectivity index (χ2v) is 4.36.